The summed E-state index contributed by atoms with van der Waals surface area (Å²) in [7, 11) is 0. The first-order valence-corrected chi connectivity index (χ1v) is 10.3. The van der Waals surface area contributed by atoms with Crippen LogP contribution in [0.1, 0.15) is 6.92 Å². The third kappa shape index (κ3) is 4.86. The van der Waals surface area contributed by atoms with E-state index in [9.17, 15) is 18.8 Å². The minimum absolute atomic E-state index is 0.0157. The quantitative estimate of drug-likeness (QED) is 0.607. The molecule has 3 amide bonds. The molecule has 0 spiro atoms. The van der Waals surface area contributed by atoms with Gasteiger partial charge < -0.3 is 15.4 Å². The molecule has 1 fully saturated rings. The van der Waals surface area contributed by atoms with Crippen molar-refractivity contribution in [3.8, 4) is 5.69 Å². The van der Waals surface area contributed by atoms with Crippen LogP contribution in [0.25, 0.3) is 5.69 Å². The second-order valence-corrected chi connectivity index (χ2v) is 7.73. The molecular formula is C22H19ClFN5O4. The van der Waals surface area contributed by atoms with Crippen LogP contribution < -0.4 is 16.2 Å². The molecular weight excluding hydrogens is 453 g/mol. The van der Waals surface area contributed by atoms with Crippen LogP contribution in [0.3, 0.4) is 0 Å². The van der Waals surface area contributed by atoms with Crippen LogP contribution in [0.5, 0.6) is 0 Å². The summed E-state index contributed by atoms with van der Waals surface area (Å²) in [6, 6.07) is 8.98. The molecule has 1 aliphatic heterocycles. The predicted octanol–water partition coefficient (Wildman–Crippen LogP) is 3.24. The first-order chi connectivity index (χ1) is 15.8. The highest BCUT2D eigenvalue weighted by molar-refractivity contribution is 6.30. The first kappa shape index (κ1) is 22.4. The van der Waals surface area contributed by atoms with Crippen LogP contribution in [0.4, 0.5) is 20.6 Å². The van der Waals surface area contributed by atoms with Crippen molar-refractivity contribution in [3.05, 3.63) is 82.2 Å². The van der Waals surface area contributed by atoms with E-state index in [0.717, 1.165) is 16.8 Å². The number of hydrogen-bond donors (Lipinski definition) is 2. The number of carbonyl (C=O) groups excluding carboxylic acids is 2. The van der Waals surface area contributed by atoms with Crippen molar-refractivity contribution in [2.45, 2.75) is 19.1 Å². The zero-order valence-corrected chi connectivity index (χ0v) is 18.1. The SMILES string of the molecule is C[C@@H]1OCN(C(=O)Nc2ccc(Cl)cc2)[C@H]1C(=O)Nc1ccc(-n2ccncc2=O)c(F)c1. The molecule has 1 aromatic heterocycles. The van der Waals surface area contributed by atoms with Gasteiger partial charge in [-0.25, -0.2) is 9.18 Å². The molecule has 0 unspecified atom stereocenters. The molecule has 2 aromatic carbocycles. The summed E-state index contributed by atoms with van der Waals surface area (Å²) in [5, 5.41) is 5.82. The van der Waals surface area contributed by atoms with Gasteiger partial charge in [-0.1, -0.05) is 11.6 Å². The molecule has 9 nitrogen and oxygen atoms in total. The van der Waals surface area contributed by atoms with Gasteiger partial charge in [-0.05, 0) is 49.4 Å². The van der Waals surface area contributed by atoms with E-state index in [2.05, 4.69) is 15.6 Å². The number of ether oxygens (including phenoxy) is 1. The highest BCUT2D eigenvalue weighted by atomic mass is 35.5. The van der Waals surface area contributed by atoms with Gasteiger partial charge in [0.25, 0.3) is 5.56 Å². The van der Waals surface area contributed by atoms with E-state index < -0.39 is 35.5 Å². The lowest BCUT2D eigenvalue weighted by molar-refractivity contribution is -0.120. The van der Waals surface area contributed by atoms with Gasteiger partial charge in [0.05, 0.1) is 18.0 Å². The Hall–Kier alpha value is -3.76. The predicted molar refractivity (Wildman–Crippen MR) is 120 cm³/mol. The largest absolute Gasteiger partial charge is 0.355 e. The molecule has 0 saturated carbocycles. The van der Waals surface area contributed by atoms with E-state index in [1.54, 1.807) is 31.2 Å². The minimum atomic E-state index is -0.942. The van der Waals surface area contributed by atoms with E-state index in [0.29, 0.717) is 10.7 Å². The molecule has 33 heavy (non-hydrogen) atoms. The molecule has 3 aromatic rings. The number of rotatable bonds is 4. The number of aromatic nitrogens is 2. The molecule has 1 saturated heterocycles. The Morgan fingerprint density at radius 1 is 1.15 bits per heavy atom. The highest BCUT2D eigenvalue weighted by Crippen LogP contribution is 2.23. The van der Waals surface area contributed by atoms with Gasteiger partial charge in [0.15, 0.2) is 0 Å². The van der Waals surface area contributed by atoms with E-state index in [1.807, 2.05) is 0 Å². The number of hydrogen-bond acceptors (Lipinski definition) is 5. The summed E-state index contributed by atoms with van der Waals surface area (Å²) in [6.07, 6.45) is 3.19. The summed E-state index contributed by atoms with van der Waals surface area (Å²) in [5.41, 5.74) is 0.196. The summed E-state index contributed by atoms with van der Waals surface area (Å²) < 4.78 is 21.3. The number of carbonyl (C=O) groups is 2. The van der Waals surface area contributed by atoms with Crippen molar-refractivity contribution in [2.24, 2.45) is 0 Å². The van der Waals surface area contributed by atoms with Crippen LogP contribution >= 0.6 is 11.6 Å². The summed E-state index contributed by atoms with van der Waals surface area (Å²) in [6.45, 7) is 1.58. The normalized spacial score (nSPS) is 17.6. The van der Waals surface area contributed by atoms with Gasteiger partial charge in [0, 0.05) is 28.8 Å². The fraction of sp³-hybridized carbons (Fsp3) is 0.182. The molecule has 4 rings (SSSR count). The second kappa shape index (κ2) is 9.39. The van der Waals surface area contributed by atoms with Crippen molar-refractivity contribution < 1.29 is 18.7 Å². The number of amides is 3. The maximum Gasteiger partial charge on any atom is 0.324 e. The van der Waals surface area contributed by atoms with Gasteiger partial charge in [-0.15, -0.1) is 0 Å². The third-order valence-electron chi connectivity index (χ3n) is 5.08. The molecule has 0 radical (unpaired) electrons. The monoisotopic (exact) mass is 471 g/mol. The Morgan fingerprint density at radius 3 is 2.58 bits per heavy atom. The smallest absolute Gasteiger partial charge is 0.324 e. The fourth-order valence-corrected chi connectivity index (χ4v) is 3.56. The summed E-state index contributed by atoms with van der Waals surface area (Å²) >= 11 is 5.86. The number of nitrogens with one attached hydrogen (secondary N) is 2. The Morgan fingerprint density at radius 2 is 1.88 bits per heavy atom. The lowest BCUT2D eigenvalue weighted by Gasteiger charge is -2.24. The maximum absolute atomic E-state index is 14.7. The second-order valence-electron chi connectivity index (χ2n) is 7.29. The highest BCUT2D eigenvalue weighted by Gasteiger charge is 2.40. The van der Waals surface area contributed by atoms with Gasteiger partial charge >= 0.3 is 6.03 Å². The lowest BCUT2D eigenvalue weighted by Crippen LogP contribution is -2.48. The average Bonchev–Trinajstić information content (AvgIpc) is 3.18. The Balaban J connectivity index is 1.49. The van der Waals surface area contributed by atoms with Crippen LogP contribution in [0.15, 0.2) is 65.8 Å². The van der Waals surface area contributed by atoms with Crippen molar-refractivity contribution in [2.75, 3.05) is 17.4 Å². The molecule has 2 atom stereocenters. The molecule has 2 heterocycles. The Kier molecular flexibility index (Phi) is 6.38. The van der Waals surface area contributed by atoms with E-state index in [-0.39, 0.29) is 18.1 Å². The van der Waals surface area contributed by atoms with Crippen LogP contribution in [0, 0.1) is 5.82 Å². The van der Waals surface area contributed by atoms with Crippen LogP contribution in [-0.4, -0.2) is 45.3 Å². The van der Waals surface area contributed by atoms with E-state index in [4.69, 9.17) is 16.3 Å². The van der Waals surface area contributed by atoms with Crippen molar-refractivity contribution in [1.29, 1.82) is 0 Å². The maximum atomic E-state index is 14.7. The zero-order valence-electron chi connectivity index (χ0n) is 17.4. The van der Waals surface area contributed by atoms with Crippen LogP contribution in [0.2, 0.25) is 5.02 Å². The molecule has 1 aliphatic rings. The Labute approximate surface area is 192 Å². The Bertz CT molecular complexity index is 1250. The van der Waals surface area contributed by atoms with Gasteiger partial charge in [0.1, 0.15) is 18.6 Å². The summed E-state index contributed by atoms with van der Waals surface area (Å²) in [4.78, 5) is 42.5. The van der Waals surface area contributed by atoms with Gasteiger partial charge in [0.2, 0.25) is 5.91 Å². The van der Waals surface area contributed by atoms with Gasteiger partial charge in [-0.3, -0.25) is 24.0 Å². The van der Waals surface area contributed by atoms with Crippen LogP contribution in [-0.2, 0) is 9.53 Å². The average molecular weight is 472 g/mol. The molecule has 11 heteroatoms. The molecule has 2 N–H and O–H groups in total. The minimum Gasteiger partial charge on any atom is -0.355 e. The number of benzene rings is 2. The van der Waals surface area contributed by atoms with Gasteiger partial charge in [-0.2, -0.15) is 0 Å². The number of halogens is 2. The first-order valence-electron chi connectivity index (χ1n) is 9.92. The molecule has 170 valence electrons. The number of anilines is 2. The fourth-order valence-electron chi connectivity index (χ4n) is 3.43. The molecule has 0 aliphatic carbocycles. The lowest BCUT2D eigenvalue weighted by atomic mass is 10.1. The van der Waals surface area contributed by atoms with E-state index >= 15 is 0 Å². The van der Waals surface area contributed by atoms with E-state index in [1.165, 1.54) is 29.4 Å². The third-order valence-corrected chi connectivity index (χ3v) is 5.33. The van der Waals surface area contributed by atoms with Crippen molar-refractivity contribution in [1.82, 2.24) is 14.5 Å². The standard InChI is InChI=1S/C22H19ClFN5O4/c1-13-20(29(12-33-13)22(32)27-15-4-2-14(23)3-5-15)21(31)26-16-6-7-18(17(24)10-16)28-9-8-25-11-19(28)30/h2-11,13,20H,12H2,1H3,(H,26,31)(H,27,32)/t13-,20+/m0/s1. The number of urea groups is 1. The topological polar surface area (TPSA) is 106 Å². The van der Waals surface area contributed by atoms with Crippen molar-refractivity contribution >= 4 is 34.9 Å². The summed E-state index contributed by atoms with van der Waals surface area (Å²) in [5.74, 6) is -1.26. The van der Waals surface area contributed by atoms with Crippen molar-refractivity contribution in [3.63, 3.8) is 0 Å². The zero-order chi connectivity index (χ0) is 23.5. The number of nitrogens with zero attached hydrogens (tertiary/aromatic N) is 3. The molecule has 0 bridgehead atoms.